The van der Waals surface area contributed by atoms with Crippen LogP contribution in [0, 0.1) is 5.82 Å². The van der Waals surface area contributed by atoms with E-state index in [1.54, 1.807) is 49.2 Å². The first-order valence-electron chi connectivity index (χ1n) is 16.4. The van der Waals surface area contributed by atoms with E-state index in [4.69, 9.17) is 9.47 Å². The predicted octanol–water partition coefficient (Wildman–Crippen LogP) is 3.54. The SMILES string of the molecule is C[C@@H]1NC(=O)CC[C@@H](C(=O)NCC2(c3cccc(F)c3)CCOCC2)NC(=O)c2ccccc2OC[C@@H](Cc2ccccc2)N(C)C1=O. The Kier molecular flexibility index (Phi) is 11.4. The van der Waals surface area contributed by atoms with E-state index in [0.29, 0.717) is 38.2 Å². The van der Waals surface area contributed by atoms with Gasteiger partial charge in [-0.3, -0.25) is 19.2 Å². The van der Waals surface area contributed by atoms with E-state index in [1.165, 1.54) is 12.1 Å². The number of carbonyl (C=O) groups is 4. The van der Waals surface area contributed by atoms with E-state index < -0.39 is 41.3 Å². The van der Waals surface area contributed by atoms with Gasteiger partial charge in [0.25, 0.3) is 5.91 Å². The average molecular weight is 659 g/mol. The summed E-state index contributed by atoms with van der Waals surface area (Å²) in [6, 6.07) is 20.4. The van der Waals surface area contributed by atoms with E-state index in [-0.39, 0.29) is 43.3 Å². The number of nitrogens with one attached hydrogen (secondary N) is 3. The highest BCUT2D eigenvalue weighted by molar-refractivity contribution is 6.00. The van der Waals surface area contributed by atoms with E-state index in [1.807, 2.05) is 36.4 Å². The molecule has 0 radical (unpaired) electrons. The zero-order valence-corrected chi connectivity index (χ0v) is 27.4. The first-order valence-corrected chi connectivity index (χ1v) is 16.4. The van der Waals surface area contributed by atoms with Crippen LogP contribution in [-0.2, 0) is 31.0 Å². The van der Waals surface area contributed by atoms with Crippen molar-refractivity contribution in [3.8, 4) is 5.75 Å². The summed E-state index contributed by atoms with van der Waals surface area (Å²) in [5.74, 6) is -1.80. The first kappa shape index (κ1) is 34.6. The molecular formula is C37H43FN4O6. The zero-order valence-electron chi connectivity index (χ0n) is 27.4. The average Bonchev–Trinajstić information content (AvgIpc) is 3.10. The second kappa shape index (κ2) is 15.9. The van der Waals surface area contributed by atoms with Crippen LogP contribution >= 0.6 is 0 Å². The van der Waals surface area contributed by atoms with Crippen LogP contribution in [0.25, 0.3) is 0 Å². The molecule has 0 aliphatic carbocycles. The van der Waals surface area contributed by atoms with Crippen molar-refractivity contribution in [1.29, 1.82) is 0 Å². The van der Waals surface area contributed by atoms with Crippen LogP contribution in [0.5, 0.6) is 5.75 Å². The van der Waals surface area contributed by atoms with Crippen LogP contribution in [0.2, 0.25) is 0 Å². The molecule has 3 atom stereocenters. The number of halogens is 1. The minimum absolute atomic E-state index is 0.0180. The molecule has 0 unspecified atom stereocenters. The fourth-order valence-electron chi connectivity index (χ4n) is 6.33. The fourth-order valence-corrected chi connectivity index (χ4v) is 6.33. The number of ether oxygens (including phenoxy) is 2. The highest BCUT2D eigenvalue weighted by atomic mass is 19.1. The predicted molar refractivity (Wildman–Crippen MR) is 178 cm³/mol. The summed E-state index contributed by atoms with van der Waals surface area (Å²) in [5.41, 5.74) is 1.42. The molecule has 254 valence electrons. The molecule has 0 bridgehead atoms. The molecular weight excluding hydrogens is 615 g/mol. The summed E-state index contributed by atoms with van der Waals surface area (Å²) in [6.45, 7) is 2.81. The van der Waals surface area contributed by atoms with Gasteiger partial charge in [0.05, 0.1) is 11.6 Å². The molecule has 3 N–H and O–H groups in total. The van der Waals surface area contributed by atoms with Gasteiger partial charge in [-0.1, -0.05) is 54.6 Å². The van der Waals surface area contributed by atoms with Crippen molar-refractivity contribution in [2.45, 2.75) is 62.6 Å². The lowest BCUT2D eigenvalue weighted by molar-refractivity contribution is -0.137. The Hall–Kier alpha value is -4.77. The minimum Gasteiger partial charge on any atom is -0.491 e. The highest BCUT2D eigenvalue weighted by Gasteiger charge is 2.36. The Bertz CT molecular complexity index is 1600. The number of nitrogens with zero attached hydrogens (tertiary/aromatic N) is 1. The Labute approximate surface area is 280 Å². The number of carbonyl (C=O) groups excluding carboxylic acids is 4. The maximum absolute atomic E-state index is 14.2. The van der Waals surface area contributed by atoms with Crippen molar-refractivity contribution >= 4 is 23.6 Å². The molecule has 0 spiro atoms. The Morgan fingerprint density at radius 1 is 0.979 bits per heavy atom. The van der Waals surface area contributed by atoms with Crippen LogP contribution in [0.4, 0.5) is 4.39 Å². The third-order valence-corrected chi connectivity index (χ3v) is 9.29. The van der Waals surface area contributed by atoms with Crippen LogP contribution in [0.3, 0.4) is 0 Å². The summed E-state index contributed by atoms with van der Waals surface area (Å²) >= 11 is 0. The number of fused-ring (bicyclic) bond motifs is 1. The monoisotopic (exact) mass is 658 g/mol. The second-order valence-electron chi connectivity index (χ2n) is 12.6. The second-order valence-corrected chi connectivity index (χ2v) is 12.6. The Morgan fingerprint density at radius 2 is 1.71 bits per heavy atom. The third kappa shape index (κ3) is 8.57. The summed E-state index contributed by atoms with van der Waals surface area (Å²) in [4.78, 5) is 55.6. The molecule has 2 aliphatic heterocycles. The van der Waals surface area contributed by atoms with Gasteiger partial charge in [-0.05, 0) is 68.0 Å². The number of hydrogen-bond donors (Lipinski definition) is 3. The van der Waals surface area contributed by atoms with Gasteiger partial charge in [0.1, 0.15) is 30.3 Å². The van der Waals surface area contributed by atoms with Gasteiger partial charge >= 0.3 is 0 Å². The van der Waals surface area contributed by atoms with Crippen molar-refractivity contribution in [1.82, 2.24) is 20.9 Å². The molecule has 11 heteroatoms. The largest absolute Gasteiger partial charge is 0.491 e. The number of likely N-dealkylation sites (N-methyl/N-ethyl adjacent to an activating group) is 1. The summed E-state index contributed by atoms with van der Waals surface area (Å²) in [7, 11) is 1.67. The molecule has 0 aromatic heterocycles. The van der Waals surface area contributed by atoms with Gasteiger partial charge in [0.15, 0.2) is 0 Å². The van der Waals surface area contributed by atoms with Crippen LogP contribution in [0.15, 0.2) is 78.9 Å². The normalized spacial score (nSPS) is 22.2. The highest BCUT2D eigenvalue weighted by Crippen LogP contribution is 2.34. The number of hydrogen-bond acceptors (Lipinski definition) is 6. The van der Waals surface area contributed by atoms with E-state index in [2.05, 4.69) is 16.0 Å². The van der Waals surface area contributed by atoms with Crippen LogP contribution < -0.4 is 20.7 Å². The van der Waals surface area contributed by atoms with Crippen LogP contribution in [-0.4, -0.2) is 80.1 Å². The molecule has 0 saturated carbocycles. The minimum atomic E-state index is -1.08. The molecule has 3 aromatic carbocycles. The van der Waals surface area contributed by atoms with Gasteiger partial charge in [-0.15, -0.1) is 0 Å². The number of para-hydroxylation sites is 1. The first-order chi connectivity index (χ1) is 23.1. The molecule has 4 amide bonds. The molecule has 1 fully saturated rings. The maximum atomic E-state index is 14.2. The lowest BCUT2D eigenvalue weighted by atomic mass is 9.74. The van der Waals surface area contributed by atoms with Gasteiger partial charge in [-0.2, -0.15) is 0 Å². The van der Waals surface area contributed by atoms with Crippen LogP contribution in [0.1, 0.15) is 54.1 Å². The topological polar surface area (TPSA) is 126 Å². The molecule has 1 saturated heterocycles. The number of benzene rings is 3. The number of rotatable bonds is 6. The zero-order chi connectivity index (χ0) is 34.1. The third-order valence-electron chi connectivity index (χ3n) is 9.29. The van der Waals surface area contributed by atoms with Gasteiger partial charge < -0.3 is 30.3 Å². The Morgan fingerprint density at radius 3 is 2.46 bits per heavy atom. The molecule has 5 rings (SSSR count). The molecule has 2 heterocycles. The van der Waals surface area contributed by atoms with Crippen molar-refractivity contribution < 1.29 is 33.0 Å². The van der Waals surface area contributed by atoms with Gasteiger partial charge in [0.2, 0.25) is 17.7 Å². The molecule has 2 aliphatic rings. The van der Waals surface area contributed by atoms with Gasteiger partial charge in [-0.25, -0.2) is 4.39 Å². The quantitative estimate of drug-likeness (QED) is 0.372. The summed E-state index contributed by atoms with van der Waals surface area (Å²) in [6.07, 6.45) is 1.51. The lowest BCUT2D eigenvalue weighted by Crippen LogP contribution is -2.52. The van der Waals surface area contributed by atoms with Crippen molar-refractivity contribution in [3.05, 3.63) is 101 Å². The summed E-state index contributed by atoms with van der Waals surface area (Å²) < 4.78 is 26.0. The van der Waals surface area contributed by atoms with Crippen molar-refractivity contribution in [2.24, 2.45) is 0 Å². The van der Waals surface area contributed by atoms with E-state index >= 15 is 0 Å². The number of amides is 4. The molecule has 10 nitrogen and oxygen atoms in total. The van der Waals surface area contributed by atoms with E-state index in [9.17, 15) is 23.6 Å². The van der Waals surface area contributed by atoms with Gasteiger partial charge in [0, 0.05) is 38.6 Å². The maximum Gasteiger partial charge on any atom is 0.255 e. The van der Waals surface area contributed by atoms with Crippen molar-refractivity contribution in [2.75, 3.05) is 33.4 Å². The molecule has 3 aromatic rings. The smallest absolute Gasteiger partial charge is 0.255 e. The Balaban J connectivity index is 1.39. The standard InChI is InChI=1S/C37H43FN4O6/c1-25-36(46)42(2)29(21-26-9-4-3-5-10-26)23-48-32-14-7-6-13-30(32)34(44)41-31(15-16-33(43)40-25)35(45)39-24-37(17-19-47-20-18-37)27-11-8-12-28(38)22-27/h3-14,22,25,29,31H,15-21,23-24H2,1-2H3,(H,39,45)(H,40,43)(H,41,44)/t25-,29+,31-/m0/s1. The molecule has 48 heavy (non-hydrogen) atoms. The fraction of sp³-hybridized carbons (Fsp3) is 0.405. The van der Waals surface area contributed by atoms with Crippen molar-refractivity contribution in [3.63, 3.8) is 0 Å². The lowest BCUT2D eigenvalue weighted by Gasteiger charge is -2.38. The summed E-state index contributed by atoms with van der Waals surface area (Å²) in [5, 5.41) is 8.55. The van der Waals surface area contributed by atoms with E-state index in [0.717, 1.165) is 11.1 Å².